The Morgan fingerprint density at radius 1 is 0.850 bits per heavy atom. The largest absolute Gasteiger partial charge is 0.601 e. The predicted octanol–water partition coefficient (Wildman–Crippen LogP) is 5.87. The summed E-state index contributed by atoms with van der Waals surface area (Å²) in [6.45, 7) is 0. The van der Waals surface area contributed by atoms with E-state index in [1.807, 2.05) is 0 Å². The summed E-state index contributed by atoms with van der Waals surface area (Å²) in [5.41, 5.74) is -4.40. The summed E-state index contributed by atoms with van der Waals surface area (Å²) in [6, 6.07) is 13.3. The zero-order chi connectivity index (χ0) is 14.3. The molecule has 102 valence electrons. The molecule has 0 radical (unpaired) electrons. The van der Waals surface area contributed by atoms with Gasteiger partial charge < -0.3 is 0 Å². The molecule has 1 aromatic heterocycles. The van der Waals surface area contributed by atoms with Gasteiger partial charge in [0.2, 0.25) is 0 Å². The molecule has 0 nitrogen and oxygen atoms in total. The van der Waals surface area contributed by atoms with Crippen LogP contribution in [0.4, 0.5) is 17.6 Å². The van der Waals surface area contributed by atoms with Crippen LogP contribution in [0.25, 0.3) is 20.5 Å². The van der Waals surface area contributed by atoms with Crippen LogP contribution in [-0.4, -0.2) is 0 Å². The molecule has 0 spiro atoms. The molecule has 1 atom stereocenters. The quantitative estimate of drug-likeness (QED) is 0.389. The lowest BCUT2D eigenvalue weighted by Gasteiger charge is -2.01. The average molecular weight is 297 g/mol. The summed E-state index contributed by atoms with van der Waals surface area (Å²) >= 11 is 0. The van der Waals surface area contributed by atoms with E-state index >= 15 is 0 Å². The van der Waals surface area contributed by atoms with Gasteiger partial charge in [-0.25, -0.2) is 4.39 Å². The molecule has 5 heteroatoms. The fourth-order valence-electron chi connectivity index (χ4n) is 2.20. The highest BCUT2D eigenvalue weighted by molar-refractivity contribution is 7.41. The summed E-state index contributed by atoms with van der Waals surface area (Å²) in [5.74, 6) is -0.631. The van der Waals surface area contributed by atoms with E-state index < -0.39 is 21.8 Å². The second kappa shape index (κ2) is 4.59. The first kappa shape index (κ1) is 13.1. The van der Waals surface area contributed by atoms with Crippen LogP contribution in [0.15, 0.2) is 54.6 Å². The first-order chi connectivity index (χ1) is 9.48. The molecule has 2 aromatic carbocycles. The first-order valence-electron chi connectivity index (χ1n) is 5.85. The minimum atomic E-state index is -4.42. The molecule has 1 unspecified atom stereocenters. The minimum Gasteiger partial charge on any atom is -0.206 e. The van der Waals surface area contributed by atoms with Crippen molar-refractivity contribution in [3.8, 4) is 10.4 Å². The van der Waals surface area contributed by atoms with Crippen molar-refractivity contribution >= 4 is 20.6 Å². The molecular weight excluding hydrogens is 288 g/mol. The van der Waals surface area contributed by atoms with Crippen LogP contribution in [0.3, 0.4) is 0 Å². The molecule has 20 heavy (non-hydrogen) atoms. The maximum absolute atomic E-state index is 13.8. The molecule has 0 aliphatic heterocycles. The van der Waals surface area contributed by atoms with E-state index in [1.54, 1.807) is 24.3 Å². The van der Waals surface area contributed by atoms with Crippen molar-refractivity contribution in [1.29, 1.82) is 0 Å². The van der Waals surface area contributed by atoms with Gasteiger partial charge in [0.05, 0.1) is 5.56 Å². The van der Waals surface area contributed by atoms with Gasteiger partial charge in [-0.1, -0.05) is 24.3 Å². The van der Waals surface area contributed by atoms with Gasteiger partial charge in [-0.15, -0.1) is 13.2 Å². The number of fused-ring (bicyclic) bond motifs is 1. The van der Waals surface area contributed by atoms with E-state index in [2.05, 4.69) is 0 Å². The van der Waals surface area contributed by atoms with E-state index in [0.29, 0.717) is 5.39 Å². The molecular formula is C15H9F4S+. The van der Waals surface area contributed by atoms with Gasteiger partial charge in [0.1, 0.15) is 16.3 Å². The Morgan fingerprint density at radius 3 is 2.20 bits per heavy atom. The molecule has 3 aromatic rings. The van der Waals surface area contributed by atoms with Crippen molar-refractivity contribution < 1.29 is 17.6 Å². The fourth-order valence-corrected chi connectivity index (χ4v) is 4.15. The van der Waals surface area contributed by atoms with Crippen molar-refractivity contribution in [1.82, 2.24) is 0 Å². The molecule has 1 heterocycles. The lowest BCUT2D eigenvalue weighted by Crippen LogP contribution is -1.97. The SMILES string of the molecule is Fc1ccccc1-c1cc2ccccc2[s+]1C(F)(F)F. The number of hydrogen-bond donors (Lipinski definition) is 0. The van der Waals surface area contributed by atoms with Gasteiger partial charge in [-0.2, -0.15) is 0 Å². The summed E-state index contributed by atoms with van der Waals surface area (Å²) in [4.78, 5) is -0.00296. The maximum Gasteiger partial charge on any atom is 0.601 e. The predicted molar refractivity (Wildman–Crippen MR) is 73.1 cm³/mol. The molecule has 0 N–H and O–H groups in total. The highest BCUT2D eigenvalue weighted by atomic mass is 32.2. The van der Waals surface area contributed by atoms with E-state index in [-0.39, 0.29) is 15.1 Å². The van der Waals surface area contributed by atoms with Crippen LogP contribution in [0.5, 0.6) is 0 Å². The van der Waals surface area contributed by atoms with Crippen LogP contribution in [0.1, 0.15) is 0 Å². The monoisotopic (exact) mass is 297 g/mol. The average Bonchev–Trinajstić information content (AvgIpc) is 2.78. The molecule has 0 amide bonds. The van der Waals surface area contributed by atoms with Crippen molar-refractivity contribution in [3.63, 3.8) is 0 Å². The standard InChI is InChI=1S/C15H9F4S/c16-12-7-3-2-6-11(12)14-9-10-5-1-4-8-13(10)20(14)15(17,18)19/h1-9H/q+1. The third-order valence-corrected chi connectivity index (χ3v) is 5.07. The molecule has 3 rings (SSSR count). The van der Waals surface area contributed by atoms with Crippen molar-refractivity contribution in [2.45, 2.75) is 5.51 Å². The summed E-state index contributed by atoms with van der Waals surface area (Å²) in [7, 11) is -2.10. The number of halogens is 4. The molecule has 0 aliphatic rings. The number of benzene rings is 2. The zero-order valence-electron chi connectivity index (χ0n) is 10.1. The second-order valence-electron chi connectivity index (χ2n) is 4.28. The van der Waals surface area contributed by atoms with E-state index in [1.165, 1.54) is 30.3 Å². The van der Waals surface area contributed by atoms with Gasteiger partial charge >= 0.3 is 5.51 Å². The topological polar surface area (TPSA) is 0 Å². The van der Waals surface area contributed by atoms with Crippen LogP contribution < -0.4 is 0 Å². The molecule has 0 saturated carbocycles. The molecule has 0 aliphatic carbocycles. The Morgan fingerprint density at radius 2 is 1.50 bits per heavy atom. The van der Waals surface area contributed by atoms with E-state index in [9.17, 15) is 17.6 Å². The summed E-state index contributed by atoms with van der Waals surface area (Å²) in [6.07, 6.45) is 0. The maximum atomic E-state index is 13.8. The Bertz CT molecular complexity index is 771. The van der Waals surface area contributed by atoms with Gasteiger partial charge in [0.25, 0.3) is 0 Å². The van der Waals surface area contributed by atoms with E-state index in [0.717, 1.165) is 0 Å². The normalized spacial score (nSPS) is 12.9. The Balaban J connectivity index is 2.39. The Kier molecular flexibility index (Phi) is 3.01. The molecule has 0 saturated heterocycles. The van der Waals surface area contributed by atoms with Crippen molar-refractivity contribution in [2.75, 3.05) is 0 Å². The van der Waals surface area contributed by atoms with Crippen molar-refractivity contribution in [3.05, 3.63) is 60.4 Å². The zero-order valence-corrected chi connectivity index (χ0v) is 10.9. The lowest BCUT2D eigenvalue weighted by atomic mass is 10.1. The number of thiophene rings is 1. The second-order valence-corrected chi connectivity index (χ2v) is 6.23. The van der Waals surface area contributed by atoms with Crippen LogP contribution >= 0.6 is 10.5 Å². The van der Waals surface area contributed by atoms with Crippen LogP contribution in [-0.2, 0) is 5.51 Å². The van der Waals surface area contributed by atoms with Gasteiger partial charge in [-0.05, 0) is 24.3 Å². The molecule has 0 fully saturated rings. The highest BCUT2D eigenvalue weighted by Crippen LogP contribution is 2.54. The smallest absolute Gasteiger partial charge is 0.206 e. The Labute approximate surface area is 115 Å². The summed E-state index contributed by atoms with van der Waals surface area (Å²) < 4.78 is 54.1. The van der Waals surface area contributed by atoms with Gasteiger partial charge in [-0.3, -0.25) is 0 Å². The third-order valence-electron chi connectivity index (χ3n) is 3.02. The highest BCUT2D eigenvalue weighted by Gasteiger charge is 2.48. The number of alkyl halides is 3. The number of rotatable bonds is 1. The van der Waals surface area contributed by atoms with Crippen molar-refractivity contribution in [2.24, 2.45) is 0 Å². The molecule has 0 bridgehead atoms. The summed E-state index contributed by atoms with van der Waals surface area (Å²) in [5, 5.41) is 0.506. The van der Waals surface area contributed by atoms with Gasteiger partial charge in [0.15, 0.2) is 9.58 Å². The minimum absolute atomic E-state index is 0.00296. The van der Waals surface area contributed by atoms with Crippen LogP contribution in [0, 0.1) is 5.82 Å². The third kappa shape index (κ3) is 2.08. The lowest BCUT2D eigenvalue weighted by molar-refractivity contribution is -0.0864. The number of hydrogen-bond acceptors (Lipinski definition) is 0. The fraction of sp³-hybridized carbons (Fsp3) is 0.0667. The van der Waals surface area contributed by atoms with E-state index in [4.69, 9.17) is 0 Å². The van der Waals surface area contributed by atoms with Gasteiger partial charge in [0, 0.05) is 11.5 Å². The van der Waals surface area contributed by atoms with Crippen LogP contribution in [0.2, 0.25) is 0 Å². The Hall–Kier alpha value is -1.88. The first-order valence-corrected chi connectivity index (χ1v) is 7.08.